The summed E-state index contributed by atoms with van der Waals surface area (Å²) in [6, 6.07) is 6.41. The van der Waals surface area contributed by atoms with Gasteiger partial charge in [-0.05, 0) is 57.4 Å². The number of nitrogens with zero attached hydrogens (tertiary/aromatic N) is 1. The van der Waals surface area contributed by atoms with Crippen molar-refractivity contribution in [3.05, 3.63) is 34.9 Å². The molecule has 1 aromatic rings. The van der Waals surface area contributed by atoms with Crippen LogP contribution in [-0.4, -0.2) is 39.4 Å². The third kappa shape index (κ3) is 5.38. The summed E-state index contributed by atoms with van der Waals surface area (Å²) >= 11 is 7.62. The number of benzene rings is 1. The maximum atomic E-state index is 13.1. The Morgan fingerprint density at radius 3 is 2.40 bits per heavy atom. The third-order valence-electron chi connectivity index (χ3n) is 3.89. The summed E-state index contributed by atoms with van der Waals surface area (Å²) in [5.74, 6) is 0.871. The number of nitrogens with one attached hydrogen (secondary N) is 1. The fourth-order valence-electron chi connectivity index (χ4n) is 2.82. The van der Waals surface area contributed by atoms with Crippen LogP contribution in [0, 0.1) is 5.92 Å². The monoisotopic (exact) mass is 382 g/mol. The summed E-state index contributed by atoms with van der Waals surface area (Å²) in [5, 5.41) is 3.62. The van der Waals surface area contributed by atoms with Crippen molar-refractivity contribution in [1.82, 2.24) is 10.2 Å². The van der Waals surface area contributed by atoms with Crippen molar-refractivity contribution in [3.8, 4) is 0 Å². The zero-order valence-electron chi connectivity index (χ0n) is 15.5. The third-order valence-corrected chi connectivity index (χ3v) is 5.46. The molecular weight excluding hydrogens is 356 g/mol. The molecular formula is C19H27ClN2O2S. The molecule has 1 saturated heterocycles. The molecule has 0 aliphatic carbocycles. The van der Waals surface area contributed by atoms with Crippen molar-refractivity contribution >= 4 is 35.2 Å². The van der Waals surface area contributed by atoms with Gasteiger partial charge in [-0.25, -0.2) is 0 Å². The van der Waals surface area contributed by atoms with E-state index in [4.69, 9.17) is 11.6 Å². The van der Waals surface area contributed by atoms with Crippen LogP contribution >= 0.6 is 23.4 Å². The molecule has 0 radical (unpaired) electrons. The Morgan fingerprint density at radius 2 is 1.88 bits per heavy atom. The Labute approximate surface area is 159 Å². The molecule has 2 amide bonds. The summed E-state index contributed by atoms with van der Waals surface area (Å²) in [6.07, 6.45) is 0.864. The molecule has 1 aliphatic rings. The van der Waals surface area contributed by atoms with Crippen molar-refractivity contribution in [2.45, 2.75) is 58.0 Å². The lowest BCUT2D eigenvalue weighted by Gasteiger charge is -2.31. The zero-order chi connectivity index (χ0) is 18.8. The van der Waals surface area contributed by atoms with E-state index in [1.165, 1.54) is 0 Å². The number of carbonyl (C=O) groups excluding carboxylic acids is 2. The topological polar surface area (TPSA) is 49.4 Å². The van der Waals surface area contributed by atoms with Crippen molar-refractivity contribution in [2.24, 2.45) is 5.92 Å². The lowest BCUT2D eigenvalue weighted by molar-refractivity contribution is -0.126. The van der Waals surface area contributed by atoms with Gasteiger partial charge >= 0.3 is 0 Å². The molecule has 25 heavy (non-hydrogen) atoms. The average molecular weight is 383 g/mol. The standard InChI is InChI=1S/C19H27ClN2O2S/c1-12(2)10-16-22(18(24)13-6-8-14(20)9-7-13)15(11-25-16)17(23)21-19(3,4)5/h6-9,12,15-16H,10-11H2,1-5H3,(H,21,23). The minimum Gasteiger partial charge on any atom is -0.350 e. The van der Waals surface area contributed by atoms with E-state index in [2.05, 4.69) is 19.2 Å². The van der Waals surface area contributed by atoms with E-state index in [0.717, 1.165) is 6.42 Å². The molecule has 1 N–H and O–H groups in total. The number of halogens is 1. The van der Waals surface area contributed by atoms with Gasteiger partial charge in [0.05, 0.1) is 5.37 Å². The molecule has 6 heteroatoms. The number of hydrogen-bond donors (Lipinski definition) is 1. The second-order valence-electron chi connectivity index (χ2n) is 7.89. The lowest BCUT2D eigenvalue weighted by Crippen LogP contribution is -2.54. The number of rotatable bonds is 4. The van der Waals surface area contributed by atoms with Crippen molar-refractivity contribution in [2.75, 3.05) is 5.75 Å². The summed E-state index contributed by atoms with van der Waals surface area (Å²) in [6.45, 7) is 10.1. The fourth-order valence-corrected chi connectivity index (χ4v) is 4.58. The Balaban J connectivity index is 2.28. The highest BCUT2D eigenvalue weighted by Gasteiger charge is 2.42. The van der Waals surface area contributed by atoms with Gasteiger partial charge in [-0.3, -0.25) is 9.59 Å². The molecule has 2 rings (SSSR count). The number of hydrogen-bond acceptors (Lipinski definition) is 3. The number of amides is 2. The van der Waals surface area contributed by atoms with Crippen LogP contribution in [0.4, 0.5) is 0 Å². The SMILES string of the molecule is CC(C)CC1SCC(C(=O)NC(C)(C)C)N1C(=O)c1ccc(Cl)cc1. The van der Waals surface area contributed by atoms with Gasteiger partial charge in [-0.15, -0.1) is 11.8 Å². The van der Waals surface area contributed by atoms with Gasteiger partial charge in [0.25, 0.3) is 5.91 Å². The highest BCUT2D eigenvalue weighted by atomic mass is 35.5. The van der Waals surface area contributed by atoms with Gasteiger partial charge in [0.1, 0.15) is 6.04 Å². The summed E-state index contributed by atoms with van der Waals surface area (Å²) < 4.78 is 0. The number of thioether (sulfide) groups is 1. The molecule has 0 bridgehead atoms. The molecule has 2 unspecified atom stereocenters. The second-order valence-corrected chi connectivity index (χ2v) is 9.54. The van der Waals surface area contributed by atoms with Crippen LogP contribution in [0.25, 0.3) is 0 Å². The first-order valence-corrected chi connectivity index (χ1v) is 10.0. The van der Waals surface area contributed by atoms with Crippen LogP contribution in [0.1, 0.15) is 51.4 Å². The van der Waals surface area contributed by atoms with Crippen molar-refractivity contribution in [1.29, 1.82) is 0 Å². The molecule has 0 saturated carbocycles. The van der Waals surface area contributed by atoms with Crippen LogP contribution in [0.5, 0.6) is 0 Å². The molecule has 1 fully saturated rings. The van der Waals surface area contributed by atoms with Gasteiger partial charge in [-0.2, -0.15) is 0 Å². The van der Waals surface area contributed by atoms with Gasteiger partial charge in [0.2, 0.25) is 5.91 Å². The summed E-state index contributed by atoms with van der Waals surface area (Å²) in [7, 11) is 0. The maximum absolute atomic E-state index is 13.1. The summed E-state index contributed by atoms with van der Waals surface area (Å²) in [5.41, 5.74) is 0.238. The smallest absolute Gasteiger partial charge is 0.255 e. The summed E-state index contributed by atoms with van der Waals surface area (Å²) in [4.78, 5) is 27.6. The van der Waals surface area contributed by atoms with E-state index in [-0.39, 0.29) is 22.7 Å². The molecule has 2 atom stereocenters. The van der Waals surface area contributed by atoms with E-state index in [1.54, 1.807) is 40.9 Å². The van der Waals surface area contributed by atoms with Crippen LogP contribution in [0.15, 0.2) is 24.3 Å². The predicted octanol–water partition coefficient (Wildman–Crippen LogP) is 4.18. The number of carbonyl (C=O) groups is 2. The normalized spacial score (nSPS) is 20.8. The molecule has 0 aromatic heterocycles. The highest BCUT2D eigenvalue weighted by Crippen LogP contribution is 2.35. The fraction of sp³-hybridized carbons (Fsp3) is 0.579. The largest absolute Gasteiger partial charge is 0.350 e. The minimum atomic E-state index is -0.448. The van der Waals surface area contributed by atoms with Crippen LogP contribution in [0.2, 0.25) is 5.02 Å². The average Bonchev–Trinajstić information content (AvgIpc) is 2.88. The van der Waals surface area contributed by atoms with E-state index < -0.39 is 6.04 Å². The van der Waals surface area contributed by atoms with Crippen LogP contribution in [-0.2, 0) is 4.79 Å². The Bertz CT molecular complexity index is 625. The van der Waals surface area contributed by atoms with E-state index >= 15 is 0 Å². The van der Waals surface area contributed by atoms with E-state index in [1.807, 2.05) is 20.8 Å². The second kappa shape index (κ2) is 8.00. The quantitative estimate of drug-likeness (QED) is 0.849. The molecule has 1 aromatic carbocycles. The minimum absolute atomic E-state index is 0.0129. The zero-order valence-corrected chi connectivity index (χ0v) is 17.1. The molecule has 1 aliphatic heterocycles. The van der Waals surface area contributed by atoms with Crippen LogP contribution in [0.3, 0.4) is 0 Å². The van der Waals surface area contributed by atoms with Gasteiger partial charge < -0.3 is 10.2 Å². The highest BCUT2D eigenvalue weighted by molar-refractivity contribution is 8.00. The molecule has 0 spiro atoms. The van der Waals surface area contributed by atoms with Gasteiger partial charge in [0, 0.05) is 21.9 Å². The van der Waals surface area contributed by atoms with Crippen molar-refractivity contribution in [3.63, 3.8) is 0 Å². The van der Waals surface area contributed by atoms with E-state index in [9.17, 15) is 9.59 Å². The Morgan fingerprint density at radius 1 is 1.28 bits per heavy atom. The maximum Gasteiger partial charge on any atom is 0.255 e. The van der Waals surface area contributed by atoms with Crippen molar-refractivity contribution < 1.29 is 9.59 Å². The molecule has 1 heterocycles. The Kier molecular flexibility index (Phi) is 6.44. The first-order valence-electron chi connectivity index (χ1n) is 8.60. The van der Waals surface area contributed by atoms with Gasteiger partial charge in [-0.1, -0.05) is 25.4 Å². The molecule has 4 nitrogen and oxygen atoms in total. The van der Waals surface area contributed by atoms with Gasteiger partial charge in [0.15, 0.2) is 0 Å². The predicted molar refractivity (Wildman–Crippen MR) is 105 cm³/mol. The first kappa shape index (κ1) is 20.1. The molecule has 138 valence electrons. The van der Waals surface area contributed by atoms with Crippen LogP contribution < -0.4 is 5.32 Å². The van der Waals surface area contributed by atoms with E-state index in [0.29, 0.717) is 22.3 Å². The lowest BCUT2D eigenvalue weighted by atomic mass is 10.1. The Hall–Kier alpha value is -1.20. The first-order chi connectivity index (χ1) is 11.6.